The molecule has 0 aliphatic rings. The predicted molar refractivity (Wildman–Crippen MR) is 86.0 cm³/mol. The van der Waals surface area contributed by atoms with Crippen LogP contribution in [0.4, 0.5) is 11.5 Å². The zero-order valence-electron chi connectivity index (χ0n) is 13.4. The van der Waals surface area contributed by atoms with Gasteiger partial charge in [-0.3, -0.25) is 19.7 Å². The Bertz CT molecular complexity index is 729. The van der Waals surface area contributed by atoms with Crippen molar-refractivity contribution in [3.05, 3.63) is 52.3 Å². The van der Waals surface area contributed by atoms with Gasteiger partial charge in [0.05, 0.1) is 11.5 Å². The number of ether oxygens (including phenoxy) is 1. The van der Waals surface area contributed by atoms with Gasteiger partial charge >= 0.3 is 0 Å². The molecule has 25 heavy (non-hydrogen) atoms. The highest BCUT2D eigenvalue weighted by molar-refractivity contribution is 5.99. The Labute approximate surface area is 142 Å². The Morgan fingerprint density at radius 2 is 2.04 bits per heavy atom. The Kier molecular flexibility index (Phi) is 6.18. The molecule has 2 amide bonds. The summed E-state index contributed by atoms with van der Waals surface area (Å²) < 4.78 is 9.57. The van der Waals surface area contributed by atoms with E-state index in [0.717, 1.165) is 0 Å². The summed E-state index contributed by atoms with van der Waals surface area (Å²) in [6.07, 6.45) is 1.31. The highest BCUT2D eigenvalue weighted by Crippen LogP contribution is 2.14. The van der Waals surface area contributed by atoms with Crippen LogP contribution in [0.25, 0.3) is 0 Å². The fourth-order valence-corrected chi connectivity index (χ4v) is 1.99. The minimum atomic E-state index is -0.553. The second-order valence-electron chi connectivity index (χ2n) is 4.96. The number of amides is 2. The number of carbonyl (C=O) groups excluding carboxylic acids is 2. The zero-order valence-corrected chi connectivity index (χ0v) is 13.4. The average Bonchev–Trinajstić information content (AvgIpc) is 3.10. The van der Waals surface area contributed by atoms with Crippen molar-refractivity contribution in [2.45, 2.75) is 0 Å². The smallest absolute Gasteiger partial charge is 0.269 e. The van der Waals surface area contributed by atoms with Gasteiger partial charge in [-0.15, -0.1) is 0 Å². The van der Waals surface area contributed by atoms with Crippen molar-refractivity contribution in [2.75, 3.05) is 32.1 Å². The van der Waals surface area contributed by atoms with E-state index in [-0.39, 0.29) is 36.8 Å². The van der Waals surface area contributed by atoms with Gasteiger partial charge in [0, 0.05) is 37.4 Å². The molecule has 1 N–H and O–H groups in total. The molecular formula is C15H16N4O6. The topological polar surface area (TPSA) is 128 Å². The number of hydrogen-bond acceptors (Lipinski definition) is 7. The van der Waals surface area contributed by atoms with Crippen molar-refractivity contribution in [1.82, 2.24) is 10.1 Å². The number of carbonyl (C=O) groups is 2. The van der Waals surface area contributed by atoms with E-state index in [0.29, 0.717) is 0 Å². The fraction of sp³-hybridized carbons (Fsp3) is 0.267. The van der Waals surface area contributed by atoms with Crippen LogP contribution in [0, 0.1) is 10.1 Å². The SMILES string of the molecule is COCCN(CC(=O)Nc1ccon1)C(=O)c1ccc([N+](=O)[O-])cc1. The number of rotatable bonds is 8. The summed E-state index contributed by atoms with van der Waals surface area (Å²) in [5.41, 5.74) is 0.111. The molecule has 0 fully saturated rings. The van der Waals surface area contributed by atoms with Crippen molar-refractivity contribution in [3.63, 3.8) is 0 Å². The Balaban J connectivity index is 2.07. The second kappa shape index (κ2) is 8.55. The summed E-state index contributed by atoms with van der Waals surface area (Å²) in [4.78, 5) is 36.0. The van der Waals surface area contributed by atoms with Gasteiger partial charge in [0.15, 0.2) is 5.82 Å². The first-order chi connectivity index (χ1) is 12.0. The number of benzene rings is 1. The lowest BCUT2D eigenvalue weighted by Crippen LogP contribution is -2.40. The molecule has 0 bridgehead atoms. The third-order valence-electron chi connectivity index (χ3n) is 3.22. The van der Waals surface area contributed by atoms with E-state index in [2.05, 4.69) is 15.0 Å². The predicted octanol–water partition coefficient (Wildman–Crippen LogP) is 1.31. The van der Waals surface area contributed by atoms with Crippen molar-refractivity contribution in [2.24, 2.45) is 0 Å². The summed E-state index contributed by atoms with van der Waals surface area (Å²) in [6, 6.07) is 6.62. The van der Waals surface area contributed by atoms with Gasteiger partial charge in [-0.25, -0.2) is 0 Å². The molecular weight excluding hydrogens is 332 g/mol. The maximum absolute atomic E-state index is 12.6. The number of nitro benzene ring substituents is 1. The fourth-order valence-electron chi connectivity index (χ4n) is 1.99. The van der Waals surface area contributed by atoms with E-state index in [1.807, 2.05) is 0 Å². The number of methoxy groups -OCH3 is 1. The minimum Gasteiger partial charge on any atom is -0.383 e. The monoisotopic (exact) mass is 348 g/mol. The molecule has 2 aromatic rings. The number of nitrogens with zero attached hydrogens (tertiary/aromatic N) is 3. The van der Waals surface area contributed by atoms with Gasteiger partial charge in [0.25, 0.3) is 11.6 Å². The number of nitro groups is 1. The van der Waals surface area contributed by atoms with Crippen LogP contribution in [-0.4, -0.2) is 53.6 Å². The molecule has 0 spiro atoms. The molecule has 10 heteroatoms. The maximum Gasteiger partial charge on any atom is 0.269 e. The van der Waals surface area contributed by atoms with Crippen LogP contribution in [0.3, 0.4) is 0 Å². The lowest BCUT2D eigenvalue weighted by Gasteiger charge is -2.21. The van der Waals surface area contributed by atoms with E-state index in [1.54, 1.807) is 0 Å². The molecule has 132 valence electrons. The van der Waals surface area contributed by atoms with Gasteiger partial charge in [0.1, 0.15) is 12.8 Å². The lowest BCUT2D eigenvalue weighted by atomic mass is 10.2. The van der Waals surface area contributed by atoms with E-state index < -0.39 is 16.7 Å². The lowest BCUT2D eigenvalue weighted by molar-refractivity contribution is -0.384. The molecule has 0 atom stereocenters. The highest BCUT2D eigenvalue weighted by Gasteiger charge is 2.20. The standard InChI is InChI=1S/C15H16N4O6/c1-24-9-7-18(10-14(20)16-13-6-8-25-17-13)15(21)11-2-4-12(5-3-11)19(22)23/h2-6,8H,7,9-10H2,1H3,(H,16,17,20). The molecule has 10 nitrogen and oxygen atoms in total. The molecule has 0 radical (unpaired) electrons. The first kappa shape index (κ1) is 18.1. The van der Waals surface area contributed by atoms with E-state index >= 15 is 0 Å². The highest BCUT2D eigenvalue weighted by atomic mass is 16.6. The summed E-state index contributed by atoms with van der Waals surface area (Å²) in [5.74, 6) is -0.665. The Hall–Kier alpha value is -3.27. The Morgan fingerprint density at radius 1 is 1.32 bits per heavy atom. The summed E-state index contributed by atoms with van der Waals surface area (Å²) >= 11 is 0. The van der Waals surface area contributed by atoms with Crippen molar-refractivity contribution in [3.8, 4) is 0 Å². The number of nitrogens with one attached hydrogen (secondary N) is 1. The minimum absolute atomic E-state index is 0.122. The first-order valence-electron chi connectivity index (χ1n) is 7.24. The molecule has 2 rings (SSSR count). The molecule has 0 aliphatic carbocycles. The molecule has 0 saturated heterocycles. The normalized spacial score (nSPS) is 10.3. The molecule has 0 aliphatic heterocycles. The largest absolute Gasteiger partial charge is 0.383 e. The van der Waals surface area contributed by atoms with Crippen molar-refractivity contribution < 1.29 is 23.8 Å². The number of non-ortho nitro benzene ring substituents is 1. The van der Waals surface area contributed by atoms with Gasteiger partial charge in [0.2, 0.25) is 5.91 Å². The molecule has 1 heterocycles. The maximum atomic E-state index is 12.6. The van der Waals surface area contributed by atoms with E-state index in [9.17, 15) is 19.7 Å². The Morgan fingerprint density at radius 3 is 2.60 bits per heavy atom. The number of hydrogen-bond donors (Lipinski definition) is 1. The molecule has 1 aromatic carbocycles. The van der Waals surface area contributed by atoms with Crippen LogP contribution in [0.15, 0.2) is 41.1 Å². The van der Waals surface area contributed by atoms with E-state index in [4.69, 9.17) is 4.74 Å². The van der Waals surface area contributed by atoms with Gasteiger partial charge in [-0.1, -0.05) is 5.16 Å². The summed E-state index contributed by atoms with van der Waals surface area (Å²) in [7, 11) is 1.48. The summed E-state index contributed by atoms with van der Waals surface area (Å²) in [5, 5.41) is 16.7. The van der Waals surface area contributed by atoms with Crippen LogP contribution in [0.5, 0.6) is 0 Å². The first-order valence-corrected chi connectivity index (χ1v) is 7.24. The van der Waals surface area contributed by atoms with Crippen molar-refractivity contribution >= 4 is 23.3 Å². The molecule has 0 saturated carbocycles. The van der Waals surface area contributed by atoms with E-state index in [1.165, 1.54) is 48.6 Å². The van der Waals surface area contributed by atoms with Crippen molar-refractivity contribution in [1.29, 1.82) is 0 Å². The number of anilines is 1. The number of aromatic nitrogens is 1. The molecule has 1 aromatic heterocycles. The van der Waals surface area contributed by atoms with Gasteiger partial charge in [-0.2, -0.15) is 0 Å². The third-order valence-corrected chi connectivity index (χ3v) is 3.22. The molecule has 0 unspecified atom stereocenters. The zero-order chi connectivity index (χ0) is 18.2. The van der Waals surface area contributed by atoms with Crippen LogP contribution in [-0.2, 0) is 9.53 Å². The average molecular weight is 348 g/mol. The second-order valence-corrected chi connectivity index (χ2v) is 4.96. The van der Waals surface area contributed by atoms with Gasteiger partial charge in [-0.05, 0) is 12.1 Å². The van der Waals surface area contributed by atoms with Crippen LogP contribution in [0.1, 0.15) is 10.4 Å². The third kappa shape index (κ3) is 5.11. The quantitative estimate of drug-likeness (QED) is 0.562. The van der Waals surface area contributed by atoms with Gasteiger partial charge < -0.3 is 19.5 Å². The van der Waals surface area contributed by atoms with Crippen LogP contribution >= 0.6 is 0 Å². The summed E-state index contributed by atoms with van der Waals surface area (Å²) in [6.45, 7) is 0.181. The van der Waals surface area contributed by atoms with Crippen LogP contribution in [0.2, 0.25) is 0 Å². The van der Waals surface area contributed by atoms with Crippen LogP contribution < -0.4 is 5.32 Å².